The first-order valence-corrected chi connectivity index (χ1v) is 6.62. The third-order valence-electron chi connectivity index (χ3n) is 2.98. The Morgan fingerprint density at radius 2 is 1.81 bits per heavy atom. The van der Waals surface area contributed by atoms with Gasteiger partial charge in [-0.15, -0.1) is 0 Å². The smallest absolute Gasteiger partial charge is 0.345 e. The van der Waals surface area contributed by atoms with Crippen LogP contribution in [-0.4, -0.2) is 27.3 Å². The van der Waals surface area contributed by atoms with E-state index >= 15 is 0 Å². The Balaban J connectivity index is 1.92. The zero-order valence-electron chi connectivity index (χ0n) is 11.6. The van der Waals surface area contributed by atoms with Gasteiger partial charge in [-0.05, 0) is 35.7 Å². The maximum atomic E-state index is 5.87. The number of aromatic nitrogens is 4. The Morgan fingerprint density at radius 3 is 2.62 bits per heavy atom. The minimum atomic E-state index is 0.338. The van der Waals surface area contributed by atoms with Gasteiger partial charge >= 0.3 is 6.01 Å². The van der Waals surface area contributed by atoms with Gasteiger partial charge in [0.2, 0.25) is 0 Å². The average Bonchev–Trinajstić information content (AvgIpc) is 2.99. The van der Waals surface area contributed by atoms with Crippen LogP contribution in [0, 0.1) is 0 Å². The van der Waals surface area contributed by atoms with Crippen LogP contribution in [0.5, 0.6) is 11.8 Å². The highest BCUT2D eigenvalue weighted by atomic mass is 16.5. The second-order valence-electron chi connectivity index (χ2n) is 4.45. The van der Waals surface area contributed by atoms with E-state index in [2.05, 4.69) is 20.8 Å². The second kappa shape index (κ2) is 6.15. The fraction of sp³-hybridized carbons (Fsp3) is 0.133. The van der Waals surface area contributed by atoms with Gasteiger partial charge in [-0.2, -0.15) is 4.68 Å². The maximum absolute atomic E-state index is 5.87. The zero-order chi connectivity index (χ0) is 14.5. The van der Waals surface area contributed by atoms with Crippen LogP contribution in [0.3, 0.4) is 0 Å². The van der Waals surface area contributed by atoms with Crippen molar-refractivity contribution in [3.63, 3.8) is 0 Å². The molecule has 0 aliphatic heterocycles. The molecule has 1 N–H and O–H groups in total. The molecular weight excluding hydrogens is 266 g/mol. The molecule has 6 nitrogen and oxygen atoms in total. The van der Waals surface area contributed by atoms with E-state index in [-0.39, 0.29) is 0 Å². The number of nitrogens with one attached hydrogen (secondary N) is 1. The summed E-state index contributed by atoms with van der Waals surface area (Å²) < 4.78 is 7.44. The summed E-state index contributed by atoms with van der Waals surface area (Å²) in [6.45, 7) is 0.711. The normalized spacial score (nSPS) is 10.5. The number of hydrogen-bond donors (Lipinski definition) is 1. The van der Waals surface area contributed by atoms with E-state index in [0.29, 0.717) is 12.6 Å². The molecule has 21 heavy (non-hydrogen) atoms. The van der Waals surface area contributed by atoms with Gasteiger partial charge < -0.3 is 10.1 Å². The third-order valence-corrected chi connectivity index (χ3v) is 2.98. The lowest BCUT2D eigenvalue weighted by molar-refractivity contribution is 0.421. The molecule has 2 aromatic carbocycles. The van der Waals surface area contributed by atoms with Crippen molar-refractivity contribution in [2.45, 2.75) is 6.54 Å². The monoisotopic (exact) mass is 281 g/mol. The molecule has 0 saturated carbocycles. The van der Waals surface area contributed by atoms with Crippen molar-refractivity contribution in [2.75, 3.05) is 7.05 Å². The Morgan fingerprint density at radius 1 is 1.05 bits per heavy atom. The number of para-hydroxylation sites is 2. The molecule has 0 fully saturated rings. The SMILES string of the molecule is CNCc1ccccc1Oc1nnnn1-c1ccccc1. The third kappa shape index (κ3) is 2.90. The molecule has 6 heteroatoms. The van der Waals surface area contributed by atoms with E-state index in [1.54, 1.807) is 4.68 Å². The molecule has 1 aromatic heterocycles. The quantitative estimate of drug-likeness (QED) is 0.776. The van der Waals surface area contributed by atoms with E-state index in [1.165, 1.54) is 0 Å². The van der Waals surface area contributed by atoms with Gasteiger partial charge in [0.15, 0.2) is 0 Å². The van der Waals surface area contributed by atoms with Crippen molar-refractivity contribution >= 4 is 0 Å². The van der Waals surface area contributed by atoms with Gasteiger partial charge in [0.05, 0.1) is 5.69 Å². The fourth-order valence-corrected chi connectivity index (χ4v) is 2.01. The van der Waals surface area contributed by atoms with E-state index in [1.807, 2.05) is 61.6 Å². The minimum Gasteiger partial charge on any atom is -0.423 e. The molecule has 0 saturated heterocycles. The molecule has 106 valence electrons. The lowest BCUT2D eigenvalue weighted by atomic mass is 10.2. The topological polar surface area (TPSA) is 64.9 Å². The van der Waals surface area contributed by atoms with Crippen molar-refractivity contribution in [1.82, 2.24) is 25.5 Å². The second-order valence-corrected chi connectivity index (χ2v) is 4.45. The predicted molar refractivity (Wildman–Crippen MR) is 78.4 cm³/mol. The summed E-state index contributed by atoms with van der Waals surface area (Å²) in [4.78, 5) is 0. The van der Waals surface area contributed by atoms with Crippen LogP contribution in [0.1, 0.15) is 5.56 Å². The molecule has 0 aliphatic rings. The molecule has 0 atom stereocenters. The van der Waals surface area contributed by atoms with E-state index < -0.39 is 0 Å². The summed E-state index contributed by atoms with van der Waals surface area (Å²) >= 11 is 0. The van der Waals surface area contributed by atoms with Crippen molar-refractivity contribution in [3.8, 4) is 17.4 Å². The number of nitrogens with zero attached hydrogens (tertiary/aromatic N) is 4. The highest BCUT2D eigenvalue weighted by molar-refractivity contribution is 5.37. The van der Waals surface area contributed by atoms with E-state index in [9.17, 15) is 0 Å². The zero-order valence-corrected chi connectivity index (χ0v) is 11.6. The van der Waals surface area contributed by atoms with E-state index in [0.717, 1.165) is 17.0 Å². The highest BCUT2D eigenvalue weighted by Crippen LogP contribution is 2.24. The van der Waals surface area contributed by atoms with E-state index in [4.69, 9.17) is 4.74 Å². The summed E-state index contributed by atoms with van der Waals surface area (Å²) in [7, 11) is 1.89. The summed E-state index contributed by atoms with van der Waals surface area (Å²) in [5.41, 5.74) is 1.89. The maximum Gasteiger partial charge on any atom is 0.345 e. The van der Waals surface area contributed by atoms with Crippen LogP contribution < -0.4 is 10.1 Å². The first-order valence-electron chi connectivity index (χ1n) is 6.62. The molecular formula is C15H15N5O. The highest BCUT2D eigenvalue weighted by Gasteiger charge is 2.12. The fourth-order valence-electron chi connectivity index (χ4n) is 2.01. The standard InChI is InChI=1S/C15H15N5O/c1-16-11-12-7-5-6-10-14(12)21-15-17-18-19-20(15)13-8-3-2-4-9-13/h2-10,16H,11H2,1H3. The van der Waals surface area contributed by atoms with Gasteiger partial charge in [-0.3, -0.25) is 0 Å². The van der Waals surface area contributed by atoms with Crippen LogP contribution in [0.2, 0.25) is 0 Å². The number of rotatable bonds is 5. The van der Waals surface area contributed by atoms with Crippen LogP contribution in [-0.2, 0) is 6.54 Å². The summed E-state index contributed by atoms with van der Waals surface area (Å²) in [5, 5.41) is 14.7. The average molecular weight is 281 g/mol. The molecule has 0 aliphatic carbocycles. The molecule has 0 unspecified atom stereocenters. The van der Waals surface area contributed by atoms with Crippen molar-refractivity contribution in [2.24, 2.45) is 0 Å². The molecule has 3 rings (SSSR count). The first kappa shape index (κ1) is 13.3. The molecule has 0 spiro atoms. The van der Waals surface area contributed by atoms with Gasteiger partial charge in [-0.1, -0.05) is 41.5 Å². The molecule has 0 amide bonds. The molecule has 3 aromatic rings. The van der Waals surface area contributed by atoms with Crippen molar-refractivity contribution in [3.05, 3.63) is 60.2 Å². The summed E-state index contributed by atoms with van der Waals surface area (Å²) in [6, 6.07) is 17.8. The number of hydrogen-bond acceptors (Lipinski definition) is 5. The largest absolute Gasteiger partial charge is 0.423 e. The van der Waals surface area contributed by atoms with Crippen molar-refractivity contribution in [1.29, 1.82) is 0 Å². The van der Waals surface area contributed by atoms with Gasteiger partial charge in [0.1, 0.15) is 5.75 Å². The van der Waals surface area contributed by atoms with Crippen LogP contribution in [0.25, 0.3) is 5.69 Å². The Labute approximate surface area is 122 Å². The van der Waals surface area contributed by atoms with Crippen LogP contribution in [0.4, 0.5) is 0 Å². The predicted octanol–water partition coefficient (Wildman–Crippen LogP) is 2.17. The van der Waals surface area contributed by atoms with Crippen LogP contribution >= 0.6 is 0 Å². The number of tetrazole rings is 1. The van der Waals surface area contributed by atoms with Gasteiger partial charge in [-0.25, -0.2) is 0 Å². The van der Waals surface area contributed by atoms with Gasteiger partial charge in [0.25, 0.3) is 0 Å². The Kier molecular flexibility index (Phi) is 3.88. The Bertz CT molecular complexity index is 711. The summed E-state index contributed by atoms with van der Waals surface area (Å²) in [5.74, 6) is 0.735. The molecule has 1 heterocycles. The minimum absolute atomic E-state index is 0.338. The molecule has 0 radical (unpaired) electrons. The molecule has 0 bridgehead atoms. The number of benzene rings is 2. The number of ether oxygens (including phenoxy) is 1. The van der Waals surface area contributed by atoms with Crippen LogP contribution in [0.15, 0.2) is 54.6 Å². The first-order chi connectivity index (χ1) is 10.4. The van der Waals surface area contributed by atoms with Gasteiger partial charge in [0, 0.05) is 12.1 Å². The summed E-state index contributed by atoms with van der Waals surface area (Å²) in [6.07, 6.45) is 0. The lowest BCUT2D eigenvalue weighted by Crippen LogP contribution is -2.07. The van der Waals surface area contributed by atoms with Crippen molar-refractivity contribution < 1.29 is 4.74 Å². The Hall–Kier alpha value is -2.73. The lowest BCUT2D eigenvalue weighted by Gasteiger charge is -2.10.